The van der Waals surface area contributed by atoms with E-state index in [1.165, 1.54) is 0 Å². The minimum absolute atomic E-state index is 0.193. The first-order chi connectivity index (χ1) is 16.0. The number of benzene rings is 2. The summed E-state index contributed by atoms with van der Waals surface area (Å²) in [6, 6.07) is 16.1. The summed E-state index contributed by atoms with van der Waals surface area (Å²) in [5, 5.41) is 6.24. The van der Waals surface area contributed by atoms with E-state index in [0.29, 0.717) is 34.3 Å². The molecule has 2 heterocycles. The number of anilines is 2. The maximum absolute atomic E-state index is 13.2. The van der Waals surface area contributed by atoms with Gasteiger partial charge in [-0.15, -0.1) is 0 Å². The predicted molar refractivity (Wildman–Crippen MR) is 132 cm³/mol. The third-order valence-corrected chi connectivity index (χ3v) is 6.25. The van der Waals surface area contributed by atoms with E-state index in [1.807, 2.05) is 24.3 Å². The quantitative estimate of drug-likeness (QED) is 0.531. The Hall–Kier alpha value is -3.38. The predicted octanol–water partition coefficient (Wildman–Crippen LogP) is 5.15. The van der Waals surface area contributed by atoms with Gasteiger partial charge in [0.15, 0.2) is 0 Å². The Morgan fingerprint density at radius 2 is 1.82 bits per heavy atom. The number of carbonyl (C=O) groups is 2. The van der Waals surface area contributed by atoms with Gasteiger partial charge in [0.1, 0.15) is 0 Å². The normalized spacial score (nSPS) is 14.1. The molecule has 0 radical (unpaired) electrons. The van der Waals surface area contributed by atoms with Crippen molar-refractivity contribution in [2.75, 3.05) is 23.3 Å². The van der Waals surface area contributed by atoms with Gasteiger partial charge in [-0.25, -0.2) is 0 Å². The van der Waals surface area contributed by atoms with Crippen LogP contribution in [-0.2, 0) is 6.54 Å². The number of aromatic nitrogens is 1. The van der Waals surface area contributed by atoms with Crippen LogP contribution in [0.4, 0.5) is 11.4 Å². The number of nitrogens with zero attached hydrogens (tertiary/aromatic N) is 2. The lowest BCUT2D eigenvalue weighted by atomic mass is 9.97. The second-order valence-corrected chi connectivity index (χ2v) is 8.79. The highest BCUT2D eigenvalue weighted by molar-refractivity contribution is 6.34. The highest BCUT2D eigenvalue weighted by atomic mass is 35.5. The van der Waals surface area contributed by atoms with Crippen molar-refractivity contribution in [2.24, 2.45) is 5.92 Å². The molecule has 0 atom stereocenters. The molecule has 1 aliphatic rings. The average Bonchev–Trinajstić information content (AvgIpc) is 2.84. The Kier molecular flexibility index (Phi) is 7.25. The summed E-state index contributed by atoms with van der Waals surface area (Å²) in [5.74, 6) is 0.168. The van der Waals surface area contributed by atoms with Gasteiger partial charge in [0.25, 0.3) is 11.8 Å². The molecule has 0 saturated carbocycles. The molecule has 2 aromatic carbocycles. The monoisotopic (exact) mass is 462 g/mol. The highest BCUT2D eigenvalue weighted by Crippen LogP contribution is 2.29. The number of amides is 2. The summed E-state index contributed by atoms with van der Waals surface area (Å²) >= 11 is 6.17. The minimum Gasteiger partial charge on any atom is -0.371 e. The summed E-state index contributed by atoms with van der Waals surface area (Å²) in [7, 11) is 0. The van der Waals surface area contributed by atoms with Crippen LogP contribution in [0.1, 0.15) is 46.0 Å². The Morgan fingerprint density at radius 1 is 1.03 bits per heavy atom. The first kappa shape index (κ1) is 22.8. The Balaban J connectivity index is 1.58. The summed E-state index contributed by atoms with van der Waals surface area (Å²) in [5.41, 5.74) is 3.26. The van der Waals surface area contributed by atoms with Crippen LogP contribution in [0.25, 0.3) is 0 Å². The SMILES string of the molecule is CC1CCN(c2ccc(NC(=O)c3ccccc3Cl)cc2C(=O)NCc2cccnc2)CC1. The van der Waals surface area contributed by atoms with Gasteiger partial charge in [-0.2, -0.15) is 0 Å². The number of hydrogen-bond acceptors (Lipinski definition) is 4. The molecule has 170 valence electrons. The van der Waals surface area contributed by atoms with Crippen LogP contribution in [0.3, 0.4) is 0 Å². The maximum atomic E-state index is 13.2. The van der Waals surface area contributed by atoms with Gasteiger partial charge in [0.2, 0.25) is 0 Å². The van der Waals surface area contributed by atoms with Crippen molar-refractivity contribution in [3.05, 3.63) is 88.7 Å². The minimum atomic E-state index is -0.318. The number of nitrogens with one attached hydrogen (secondary N) is 2. The van der Waals surface area contributed by atoms with Crippen LogP contribution in [-0.4, -0.2) is 29.9 Å². The molecule has 7 heteroatoms. The smallest absolute Gasteiger partial charge is 0.257 e. The first-order valence-corrected chi connectivity index (χ1v) is 11.5. The van der Waals surface area contributed by atoms with E-state index in [0.717, 1.165) is 37.2 Å². The van der Waals surface area contributed by atoms with Gasteiger partial charge >= 0.3 is 0 Å². The molecule has 2 N–H and O–H groups in total. The van der Waals surface area contributed by atoms with Crippen molar-refractivity contribution in [3.63, 3.8) is 0 Å². The van der Waals surface area contributed by atoms with Gasteiger partial charge in [0.05, 0.1) is 16.1 Å². The van der Waals surface area contributed by atoms with Crippen LogP contribution >= 0.6 is 11.6 Å². The summed E-state index contributed by atoms with van der Waals surface area (Å²) in [6.45, 7) is 4.43. The average molecular weight is 463 g/mol. The Morgan fingerprint density at radius 3 is 2.55 bits per heavy atom. The third kappa shape index (κ3) is 5.71. The lowest BCUT2D eigenvalue weighted by Gasteiger charge is -2.33. The van der Waals surface area contributed by atoms with Gasteiger partial charge < -0.3 is 15.5 Å². The fraction of sp³-hybridized carbons (Fsp3) is 0.269. The number of hydrogen-bond donors (Lipinski definition) is 2. The molecule has 3 aromatic rings. The lowest BCUT2D eigenvalue weighted by Crippen LogP contribution is -2.35. The van der Waals surface area contributed by atoms with E-state index in [2.05, 4.69) is 27.4 Å². The zero-order chi connectivity index (χ0) is 23.2. The van der Waals surface area contributed by atoms with E-state index >= 15 is 0 Å². The van der Waals surface area contributed by atoms with Gasteiger partial charge in [-0.05, 0) is 60.7 Å². The topological polar surface area (TPSA) is 74.3 Å². The molecular formula is C26H27ClN4O2. The molecule has 2 amide bonds. The van der Waals surface area contributed by atoms with Crippen molar-refractivity contribution in [1.82, 2.24) is 10.3 Å². The number of piperidine rings is 1. The zero-order valence-corrected chi connectivity index (χ0v) is 19.3. The fourth-order valence-electron chi connectivity index (χ4n) is 3.94. The molecule has 1 aromatic heterocycles. The van der Waals surface area contributed by atoms with E-state index in [9.17, 15) is 9.59 Å². The summed E-state index contributed by atoms with van der Waals surface area (Å²) in [4.78, 5) is 32.3. The van der Waals surface area contributed by atoms with E-state index in [4.69, 9.17) is 11.6 Å². The van der Waals surface area contributed by atoms with Gasteiger partial charge in [0, 0.05) is 43.4 Å². The summed E-state index contributed by atoms with van der Waals surface area (Å²) < 4.78 is 0. The molecule has 1 aliphatic heterocycles. The first-order valence-electron chi connectivity index (χ1n) is 11.1. The van der Waals surface area contributed by atoms with Crippen LogP contribution in [0.15, 0.2) is 67.0 Å². The van der Waals surface area contributed by atoms with Crippen LogP contribution in [0.2, 0.25) is 5.02 Å². The highest BCUT2D eigenvalue weighted by Gasteiger charge is 2.22. The number of rotatable bonds is 6. The van der Waals surface area contributed by atoms with Crippen molar-refractivity contribution in [2.45, 2.75) is 26.3 Å². The molecule has 1 saturated heterocycles. The van der Waals surface area contributed by atoms with Crippen molar-refractivity contribution >= 4 is 34.8 Å². The van der Waals surface area contributed by atoms with Crippen LogP contribution in [0.5, 0.6) is 0 Å². The second-order valence-electron chi connectivity index (χ2n) is 8.38. The standard InChI is InChI=1S/C26H27ClN4O2/c1-18-10-13-31(14-11-18)24-9-8-20(30-26(33)21-6-2-3-7-23(21)27)15-22(24)25(32)29-17-19-5-4-12-28-16-19/h2-9,12,15-16,18H,10-11,13-14,17H2,1H3,(H,29,32)(H,30,33). The van der Waals surface area contributed by atoms with E-state index in [1.54, 1.807) is 42.7 Å². The zero-order valence-electron chi connectivity index (χ0n) is 18.6. The molecule has 1 fully saturated rings. The number of carbonyl (C=O) groups excluding carboxylic acids is 2. The van der Waals surface area contributed by atoms with Crippen molar-refractivity contribution in [1.29, 1.82) is 0 Å². The van der Waals surface area contributed by atoms with Crippen LogP contribution < -0.4 is 15.5 Å². The third-order valence-electron chi connectivity index (χ3n) is 5.92. The Bertz CT molecular complexity index is 1130. The Labute approximate surface area is 199 Å². The van der Waals surface area contributed by atoms with Crippen LogP contribution in [0, 0.1) is 5.92 Å². The molecule has 0 unspecified atom stereocenters. The summed E-state index contributed by atoms with van der Waals surface area (Å²) in [6.07, 6.45) is 5.60. The van der Waals surface area contributed by atoms with Gasteiger partial charge in [-0.1, -0.05) is 36.7 Å². The number of pyridine rings is 1. The molecule has 6 nitrogen and oxygen atoms in total. The molecule has 0 spiro atoms. The van der Waals surface area contributed by atoms with Crippen molar-refractivity contribution in [3.8, 4) is 0 Å². The van der Waals surface area contributed by atoms with Gasteiger partial charge in [-0.3, -0.25) is 14.6 Å². The van der Waals surface area contributed by atoms with E-state index < -0.39 is 0 Å². The lowest BCUT2D eigenvalue weighted by molar-refractivity contribution is 0.0950. The second kappa shape index (κ2) is 10.5. The number of halogens is 1. The molecular weight excluding hydrogens is 436 g/mol. The largest absolute Gasteiger partial charge is 0.371 e. The molecule has 0 bridgehead atoms. The van der Waals surface area contributed by atoms with E-state index in [-0.39, 0.29) is 11.8 Å². The molecule has 4 rings (SSSR count). The molecule has 33 heavy (non-hydrogen) atoms. The van der Waals surface area contributed by atoms with Crippen molar-refractivity contribution < 1.29 is 9.59 Å². The maximum Gasteiger partial charge on any atom is 0.257 e. The fourth-order valence-corrected chi connectivity index (χ4v) is 4.17. The molecule has 0 aliphatic carbocycles.